The van der Waals surface area contributed by atoms with E-state index in [9.17, 15) is 19.2 Å². The topological polar surface area (TPSA) is 92.8 Å². The molecule has 3 aliphatic rings. The zero-order valence-electron chi connectivity index (χ0n) is 18.1. The number of carbonyl (C=O) groups is 4. The molecule has 2 aliphatic carbocycles. The highest BCUT2D eigenvalue weighted by Gasteiger charge is 2.60. The Balaban J connectivity index is 1.21. The molecule has 2 aromatic carbocycles. The molecule has 174 valence electrons. The zero-order valence-corrected chi connectivity index (χ0v) is 20.4. The molecule has 1 saturated carbocycles. The largest absolute Gasteiger partial charge is 0.452 e. The molecule has 1 N–H and O–H groups in total. The lowest BCUT2D eigenvalue weighted by Gasteiger charge is -2.19. The van der Waals surface area contributed by atoms with E-state index in [0.29, 0.717) is 16.4 Å². The minimum absolute atomic E-state index is 0.129. The zero-order chi connectivity index (χ0) is 24.1. The Labute approximate surface area is 209 Å². The van der Waals surface area contributed by atoms with Gasteiger partial charge in [-0.15, -0.1) is 0 Å². The minimum Gasteiger partial charge on any atom is -0.452 e. The summed E-state index contributed by atoms with van der Waals surface area (Å²) in [5.41, 5.74) is 2.23. The molecule has 0 spiro atoms. The Morgan fingerprint density at radius 1 is 1.12 bits per heavy atom. The predicted octanol–water partition coefficient (Wildman–Crippen LogP) is 4.60. The van der Waals surface area contributed by atoms with Crippen LogP contribution >= 0.6 is 27.5 Å². The van der Waals surface area contributed by atoms with Crippen LogP contribution in [0.2, 0.25) is 5.02 Å². The van der Waals surface area contributed by atoms with Gasteiger partial charge in [0.25, 0.3) is 5.91 Å². The summed E-state index contributed by atoms with van der Waals surface area (Å²) < 4.78 is 5.85. The summed E-state index contributed by atoms with van der Waals surface area (Å²) in [6.45, 7) is 1.53. The summed E-state index contributed by atoms with van der Waals surface area (Å²) in [5.74, 6) is -1.88. The lowest BCUT2D eigenvalue weighted by atomic mass is 9.82. The highest BCUT2D eigenvalue weighted by Crippen LogP contribution is 2.55. The van der Waals surface area contributed by atoms with E-state index in [1.807, 2.05) is 6.92 Å². The van der Waals surface area contributed by atoms with Crippen LogP contribution < -0.4 is 10.2 Å². The third-order valence-electron chi connectivity index (χ3n) is 6.78. The van der Waals surface area contributed by atoms with E-state index in [2.05, 4.69) is 27.3 Å². The number of esters is 1. The molecule has 5 rings (SSSR count). The first-order valence-electron chi connectivity index (χ1n) is 10.8. The van der Waals surface area contributed by atoms with Crippen molar-refractivity contribution in [1.29, 1.82) is 0 Å². The summed E-state index contributed by atoms with van der Waals surface area (Å²) in [7, 11) is 0. The smallest absolute Gasteiger partial charge is 0.338 e. The average Bonchev–Trinajstić information content (AvgIpc) is 3.44. The summed E-state index contributed by atoms with van der Waals surface area (Å²) in [5, 5.41) is 2.93. The fourth-order valence-electron chi connectivity index (χ4n) is 5.27. The molecule has 9 heteroatoms. The molecule has 0 aromatic heterocycles. The van der Waals surface area contributed by atoms with Crippen molar-refractivity contribution in [3.05, 3.63) is 69.2 Å². The number of amides is 3. The Kier molecular flexibility index (Phi) is 5.81. The van der Waals surface area contributed by atoms with Crippen LogP contribution in [-0.4, -0.2) is 30.3 Å². The first kappa shape index (κ1) is 22.8. The number of hydrogen-bond donors (Lipinski definition) is 1. The van der Waals surface area contributed by atoms with E-state index >= 15 is 0 Å². The van der Waals surface area contributed by atoms with E-state index in [0.717, 1.165) is 10.9 Å². The molecule has 3 amide bonds. The molecular weight excluding hydrogens is 524 g/mol. The normalized spacial score (nSPS) is 24.8. The first-order chi connectivity index (χ1) is 16.2. The second kappa shape index (κ2) is 8.67. The Hall–Kier alpha value is -2.97. The van der Waals surface area contributed by atoms with Crippen LogP contribution in [0.15, 0.2) is 58.6 Å². The van der Waals surface area contributed by atoms with Gasteiger partial charge in [0, 0.05) is 4.47 Å². The SMILES string of the molecule is CC1=C[C@H]2C[C@H]1[C@@H]1C(=O)N(c3ccc(C(=O)OCC(=O)Nc4ccc(Br)cc4Cl)cc3)C(=O)[C@H]12. The van der Waals surface area contributed by atoms with Gasteiger partial charge < -0.3 is 10.1 Å². The number of carbonyl (C=O) groups excluding carboxylic acids is 4. The highest BCUT2D eigenvalue weighted by molar-refractivity contribution is 9.10. The molecule has 4 atom stereocenters. The number of nitrogens with one attached hydrogen (secondary N) is 1. The van der Waals surface area contributed by atoms with Gasteiger partial charge in [-0.3, -0.25) is 19.3 Å². The van der Waals surface area contributed by atoms with Crippen molar-refractivity contribution in [2.75, 3.05) is 16.8 Å². The fraction of sp³-hybridized carbons (Fsp3) is 0.280. The van der Waals surface area contributed by atoms with Crippen LogP contribution in [0.1, 0.15) is 23.7 Å². The molecule has 2 aromatic rings. The van der Waals surface area contributed by atoms with E-state index in [1.54, 1.807) is 30.3 Å². The van der Waals surface area contributed by atoms with E-state index in [1.165, 1.54) is 22.6 Å². The van der Waals surface area contributed by atoms with Crippen LogP contribution in [0, 0.1) is 23.7 Å². The third-order valence-corrected chi connectivity index (χ3v) is 7.59. The summed E-state index contributed by atoms with van der Waals surface area (Å²) >= 11 is 9.36. The average molecular weight is 544 g/mol. The molecule has 1 saturated heterocycles. The molecule has 0 radical (unpaired) electrons. The van der Waals surface area contributed by atoms with Gasteiger partial charge >= 0.3 is 5.97 Å². The lowest BCUT2D eigenvalue weighted by molar-refractivity contribution is -0.123. The number of fused-ring (bicyclic) bond motifs is 5. The number of nitrogens with zero attached hydrogens (tertiary/aromatic N) is 1. The van der Waals surface area contributed by atoms with Crippen LogP contribution in [0.4, 0.5) is 11.4 Å². The second-order valence-electron chi connectivity index (χ2n) is 8.78. The minimum atomic E-state index is -0.697. The highest BCUT2D eigenvalue weighted by atomic mass is 79.9. The van der Waals surface area contributed by atoms with Crippen molar-refractivity contribution in [3.8, 4) is 0 Å². The molecule has 34 heavy (non-hydrogen) atoms. The van der Waals surface area contributed by atoms with Crippen molar-refractivity contribution < 1.29 is 23.9 Å². The number of benzene rings is 2. The maximum Gasteiger partial charge on any atom is 0.338 e. The van der Waals surface area contributed by atoms with Gasteiger partial charge in [0.2, 0.25) is 11.8 Å². The van der Waals surface area contributed by atoms with Crippen molar-refractivity contribution in [1.82, 2.24) is 0 Å². The number of ether oxygens (including phenoxy) is 1. The standard InChI is InChI=1S/C25H20BrClN2O5/c1-12-8-14-9-17(12)22-21(14)23(31)29(24(22)32)16-5-2-13(3-6-16)25(33)34-11-20(30)28-19-7-4-15(26)10-18(19)27/h2-8,10,14,17,21-22H,9,11H2,1H3,(H,28,30)/t14-,17+,21-,22-/m0/s1. The molecule has 7 nitrogen and oxygen atoms in total. The van der Waals surface area contributed by atoms with E-state index in [4.69, 9.17) is 16.3 Å². The van der Waals surface area contributed by atoms with Crippen LogP contribution in [0.25, 0.3) is 0 Å². The summed E-state index contributed by atoms with van der Waals surface area (Å²) in [4.78, 5) is 51.8. The van der Waals surface area contributed by atoms with E-state index < -0.39 is 18.5 Å². The Bertz CT molecular complexity index is 1260. The molecule has 0 unspecified atom stereocenters. The monoisotopic (exact) mass is 542 g/mol. The first-order valence-corrected chi connectivity index (χ1v) is 12.0. The lowest BCUT2D eigenvalue weighted by Crippen LogP contribution is -2.33. The number of allylic oxidation sites excluding steroid dienone is 2. The van der Waals surface area contributed by atoms with Gasteiger partial charge in [-0.1, -0.05) is 39.2 Å². The number of halogens is 2. The number of imide groups is 1. The van der Waals surface area contributed by atoms with E-state index in [-0.39, 0.29) is 41.0 Å². The molecule has 2 fully saturated rings. The molecule has 1 aliphatic heterocycles. The van der Waals surface area contributed by atoms with Crippen LogP contribution in [0.5, 0.6) is 0 Å². The fourth-order valence-corrected chi connectivity index (χ4v) is 5.99. The van der Waals surface area contributed by atoms with Gasteiger partial charge in [-0.25, -0.2) is 4.79 Å². The van der Waals surface area contributed by atoms with Gasteiger partial charge in [-0.05, 0) is 67.6 Å². The predicted molar refractivity (Wildman–Crippen MR) is 129 cm³/mol. The Morgan fingerprint density at radius 2 is 1.82 bits per heavy atom. The molecule has 2 bridgehead atoms. The molecular formula is C25H20BrClN2O5. The van der Waals surface area contributed by atoms with Gasteiger partial charge in [0.05, 0.1) is 33.8 Å². The maximum atomic E-state index is 13.1. The van der Waals surface area contributed by atoms with Gasteiger partial charge in [0.1, 0.15) is 0 Å². The van der Waals surface area contributed by atoms with Crippen LogP contribution in [0.3, 0.4) is 0 Å². The third kappa shape index (κ3) is 3.84. The summed E-state index contributed by atoms with van der Waals surface area (Å²) in [6.07, 6.45) is 3.00. The van der Waals surface area contributed by atoms with Crippen molar-refractivity contribution in [2.24, 2.45) is 23.7 Å². The van der Waals surface area contributed by atoms with Crippen molar-refractivity contribution >= 4 is 62.6 Å². The quantitative estimate of drug-likeness (QED) is 0.338. The van der Waals surface area contributed by atoms with Gasteiger partial charge in [-0.2, -0.15) is 0 Å². The van der Waals surface area contributed by atoms with Crippen LogP contribution in [-0.2, 0) is 19.1 Å². The van der Waals surface area contributed by atoms with Crippen molar-refractivity contribution in [3.63, 3.8) is 0 Å². The second-order valence-corrected chi connectivity index (χ2v) is 10.1. The number of hydrogen-bond acceptors (Lipinski definition) is 5. The number of anilines is 2. The van der Waals surface area contributed by atoms with Gasteiger partial charge in [0.15, 0.2) is 6.61 Å². The summed E-state index contributed by atoms with van der Waals surface area (Å²) in [6, 6.07) is 11.1. The molecule has 1 heterocycles. The number of rotatable bonds is 5. The van der Waals surface area contributed by atoms with Crippen molar-refractivity contribution in [2.45, 2.75) is 13.3 Å². The maximum absolute atomic E-state index is 13.1. The Morgan fingerprint density at radius 3 is 2.53 bits per heavy atom.